The number of nitrogens with one attached hydrogen (secondary N) is 2. The highest BCUT2D eigenvalue weighted by Gasteiger charge is 2.35. The highest BCUT2D eigenvalue weighted by Crippen LogP contribution is 2.40. The Balaban J connectivity index is 1.89. The van der Waals surface area contributed by atoms with Gasteiger partial charge in [-0.3, -0.25) is 10.2 Å². The van der Waals surface area contributed by atoms with Crippen molar-refractivity contribution in [2.75, 3.05) is 12.3 Å². The topological polar surface area (TPSA) is 79.0 Å². The molecular formula is C16H23N3OS. The zero-order chi connectivity index (χ0) is 15.1. The number of hydrogen-bond donors (Lipinski definition) is 3. The van der Waals surface area contributed by atoms with Gasteiger partial charge in [-0.05, 0) is 18.4 Å². The fourth-order valence-electron chi connectivity index (χ4n) is 3.02. The third kappa shape index (κ3) is 4.49. The van der Waals surface area contributed by atoms with Gasteiger partial charge in [0.2, 0.25) is 5.91 Å². The van der Waals surface area contributed by atoms with Crippen molar-refractivity contribution in [1.82, 2.24) is 5.32 Å². The van der Waals surface area contributed by atoms with Crippen LogP contribution < -0.4 is 11.1 Å². The Labute approximate surface area is 130 Å². The van der Waals surface area contributed by atoms with E-state index in [4.69, 9.17) is 11.1 Å². The van der Waals surface area contributed by atoms with Crippen molar-refractivity contribution in [1.29, 1.82) is 5.41 Å². The van der Waals surface area contributed by atoms with Gasteiger partial charge in [0, 0.05) is 24.1 Å². The van der Waals surface area contributed by atoms with Crippen LogP contribution in [-0.2, 0) is 10.2 Å². The number of carbonyl (C=O) groups is 1. The number of hydrogen-bond acceptors (Lipinski definition) is 3. The largest absolute Gasteiger partial charge is 0.379 e. The highest BCUT2D eigenvalue weighted by molar-refractivity contribution is 8.13. The predicted molar refractivity (Wildman–Crippen MR) is 88.6 cm³/mol. The minimum absolute atomic E-state index is 0.0472. The summed E-state index contributed by atoms with van der Waals surface area (Å²) in [6.07, 6.45) is 5.14. The average Bonchev–Trinajstić information content (AvgIpc) is 2.96. The van der Waals surface area contributed by atoms with Gasteiger partial charge in [0.25, 0.3) is 0 Å². The van der Waals surface area contributed by atoms with Crippen molar-refractivity contribution in [2.45, 2.75) is 37.5 Å². The van der Waals surface area contributed by atoms with Crippen LogP contribution in [0.1, 0.15) is 37.7 Å². The summed E-state index contributed by atoms with van der Waals surface area (Å²) in [5.41, 5.74) is 6.70. The third-order valence-corrected chi connectivity index (χ3v) is 4.88. The smallest absolute Gasteiger partial charge is 0.220 e. The Hall–Kier alpha value is -1.49. The molecule has 1 aromatic carbocycles. The third-order valence-electron chi connectivity index (χ3n) is 4.16. The molecule has 1 fully saturated rings. The molecule has 114 valence electrons. The first-order valence-electron chi connectivity index (χ1n) is 7.41. The van der Waals surface area contributed by atoms with Crippen LogP contribution in [0, 0.1) is 5.41 Å². The molecule has 1 aromatic rings. The summed E-state index contributed by atoms with van der Waals surface area (Å²) in [7, 11) is 0. The summed E-state index contributed by atoms with van der Waals surface area (Å²) < 4.78 is 0. The van der Waals surface area contributed by atoms with E-state index in [0.29, 0.717) is 18.7 Å². The Bertz CT molecular complexity index is 484. The van der Waals surface area contributed by atoms with Gasteiger partial charge in [-0.1, -0.05) is 54.9 Å². The molecule has 0 spiro atoms. The number of rotatable bonds is 6. The molecule has 1 amide bonds. The molecule has 5 heteroatoms. The van der Waals surface area contributed by atoms with Gasteiger partial charge in [0.05, 0.1) is 0 Å². The Morgan fingerprint density at radius 2 is 1.95 bits per heavy atom. The van der Waals surface area contributed by atoms with Crippen LogP contribution in [-0.4, -0.2) is 23.4 Å². The van der Waals surface area contributed by atoms with Gasteiger partial charge in [0.15, 0.2) is 5.17 Å². The molecule has 1 aliphatic rings. The molecule has 1 aliphatic carbocycles. The highest BCUT2D eigenvalue weighted by atomic mass is 32.2. The minimum atomic E-state index is 0.0472. The van der Waals surface area contributed by atoms with E-state index in [9.17, 15) is 4.79 Å². The van der Waals surface area contributed by atoms with Crippen LogP contribution in [0.5, 0.6) is 0 Å². The molecular weight excluding hydrogens is 282 g/mol. The van der Waals surface area contributed by atoms with Crippen molar-refractivity contribution in [3.8, 4) is 0 Å². The molecule has 0 aromatic heterocycles. The molecule has 0 aliphatic heterocycles. The van der Waals surface area contributed by atoms with Crippen LogP contribution in [0.2, 0.25) is 0 Å². The lowest BCUT2D eigenvalue weighted by molar-refractivity contribution is -0.120. The molecule has 0 heterocycles. The SMILES string of the molecule is N=C(N)SCCC(=O)NCC1(c2ccccc2)CCCC1. The first kappa shape index (κ1) is 15.9. The van der Waals surface area contributed by atoms with Crippen molar-refractivity contribution in [3.05, 3.63) is 35.9 Å². The molecule has 0 saturated heterocycles. The molecule has 1 saturated carbocycles. The van der Waals surface area contributed by atoms with Crippen LogP contribution in [0.4, 0.5) is 0 Å². The molecule has 0 radical (unpaired) electrons. The Morgan fingerprint density at radius 1 is 1.29 bits per heavy atom. The number of amides is 1. The van der Waals surface area contributed by atoms with Gasteiger partial charge in [-0.25, -0.2) is 0 Å². The van der Waals surface area contributed by atoms with Crippen molar-refractivity contribution in [3.63, 3.8) is 0 Å². The van der Waals surface area contributed by atoms with Crippen molar-refractivity contribution >= 4 is 22.8 Å². The van der Waals surface area contributed by atoms with Crippen LogP contribution >= 0.6 is 11.8 Å². The molecule has 21 heavy (non-hydrogen) atoms. The summed E-state index contributed by atoms with van der Waals surface area (Å²) >= 11 is 1.21. The van der Waals surface area contributed by atoms with E-state index >= 15 is 0 Å². The maximum Gasteiger partial charge on any atom is 0.220 e. The summed E-state index contributed by atoms with van der Waals surface area (Å²) in [6.45, 7) is 0.709. The summed E-state index contributed by atoms with van der Waals surface area (Å²) in [4.78, 5) is 11.9. The lowest BCUT2D eigenvalue weighted by Gasteiger charge is -2.30. The summed E-state index contributed by atoms with van der Waals surface area (Å²) in [5, 5.41) is 10.3. The van der Waals surface area contributed by atoms with Gasteiger partial charge >= 0.3 is 0 Å². The number of benzene rings is 1. The molecule has 4 N–H and O–H groups in total. The Kier molecular flexibility index (Phi) is 5.67. The van der Waals surface area contributed by atoms with Gasteiger partial charge < -0.3 is 11.1 Å². The van der Waals surface area contributed by atoms with E-state index in [1.807, 2.05) is 6.07 Å². The molecule has 4 nitrogen and oxygen atoms in total. The summed E-state index contributed by atoms with van der Waals surface area (Å²) in [5.74, 6) is 0.616. The second kappa shape index (κ2) is 7.50. The molecule has 0 unspecified atom stereocenters. The normalized spacial score (nSPS) is 16.6. The molecule has 0 atom stereocenters. The zero-order valence-corrected chi connectivity index (χ0v) is 13.0. The Morgan fingerprint density at radius 3 is 2.57 bits per heavy atom. The predicted octanol–water partition coefficient (Wildman–Crippen LogP) is 2.63. The van der Waals surface area contributed by atoms with Gasteiger partial charge in [-0.15, -0.1) is 0 Å². The van der Waals surface area contributed by atoms with E-state index in [1.165, 1.54) is 30.2 Å². The van der Waals surface area contributed by atoms with Crippen molar-refractivity contribution in [2.24, 2.45) is 5.73 Å². The first-order valence-corrected chi connectivity index (χ1v) is 8.40. The van der Waals surface area contributed by atoms with Gasteiger partial charge in [-0.2, -0.15) is 0 Å². The second-order valence-electron chi connectivity index (χ2n) is 5.59. The average molecular weight is 305 g/mol. The number of carbonyl (C=O) groups excluding carboxylic acids is 1. The monoisotopic (exact) mass is 305 g/mol. The van der Waals surface area contributed by atoms with Crippen LogP contribution in [0.25, 0.3) is 0 Å². The number of thioether (sulfide) groups is 1. The van der Waals surface area contributed by atoms with Gasteiger partial charge in [0.1, 0.15) is 0 Å². The maximum atomic E-state index is 11.9. The van der Waals surface area contributed by atoms with E-state index in [-0.39, 0.29) is 16.5 Å². The first-order chi connectivity index (χ1) is 10.1. The standard InChI is InChI=1S/C16H23N3OS/c17-15(18)21-11-8-14(20)19-12-16(9-4-5-10-16)13-6-2-1-3-7-13/h1-3,6-7H,4-5,8-12H2,(H3,17,18)(H,19,20). The van der Waals surface area contributed by atoms with E-state index in [0.717, 1.165) is 12.8 Å². The van der Waals surface area contributed by atoms with Crippen LogP contribution in [0.15, 0.2) is 30.3 Å². The molecule has 0 bridgehead atoms. The number of nitrogens with two attached hydrogens (primary N) is 1. The number of amidine groups is 1. The zero-order valence-electron chi connectivity index (χ0n) is 12.2. The fourth-order valence-corrected chi connectivity index (χ4v) is 3.53. The van der Waals surface area contributed by atoms with E-state index < -0.39 is 0 Å². The van der Waals surface area contributed by atoms with Crippen molar-refractivity contribution < 1.29 is 4.79 Å². The van der Waals surface area contributed by atoms with E-state index in [2.05, 4.69) is 29.6 Å². The molecule has 2 rings (SSSR count). The lowest BCUT2D eigenvalue weighted by Crippen LogP contribution is -2.39. The quantitative estimate of drug-likeness (QED) is 0.558. The maximum absolute atomic E-state index is 11.9. The van der Waals surface area contributed by atoms with Crippen LogP contribution in [0.3, 0.4) is 0 Å². The lowest BCUT2D eigenvalue weighted by atomic mass is 9.79. The van der Waals surface area contributed by atoms with E-state index in [1.54, 1.807) is 0 Å². The fraction of sp³-hybridized carbons (Fsp3) is 0.500. The summed E-state index contributed by atoms with van der Waals surface area (Å²) in [6, 6.07) is 10.5. The second-order valence-corrected chi connectivity index (χ2v) is 6.73. The minimum Gasteiger partial charge on any atom is -0.379 e.